The highest BCUT2D eigenvalue weighted by Crippen LogP contribution is 2.42. The third-order valence-electron chi connectivity index (χ3n) is 3.26. The Hall–Kier alpha value is -0.250. The van der Waals surface area contributed by atoms with Crippen molar-refractivity contribution < 1.29 is 18.3 Å². The predicted molar refractivity (Wildman–Crippen MR) is 47.9 cm³/mol. The number of alkyl halides is 3. The van der Waals surface area contributed by atoms with Gasteiger partial charge in [0.2, 0.25) is 0 Å². The van der Waals surface area contributed by atoms with Crippen molar-refractivity contribution in [3.63, 3.8) is 0 Å². The molecular weight excluding hydrogens is 193 g/mol. The highest BCUT2D eigenvalue weighted by atomic mass is 19.4. The Morgan fingerprint density at radius 3 is 2.57 bits per heavy atom. The highest BCUT2D eigenvalue weighted by Gasteiger charge is 2.42. The second kappa shape index (κ2) is 4.09. The van der Waals surface area contributed by atoms with Gasteiger partial charge < -0.3 is 5.11 Å². The fraction of sp³-hybridized carbons (Fsp3) is 1.00. The van der Waals surface area contributed by atoms with Gasteiger partial charge in [0.25, 0.3) is 0 Å². The quantitative estimate of drug-likeness (QED) is 0.758. The maximum Gasteiger partial charge on any atom is 0.389 e. The van der Waals surface area contributed by atoms with E-state index in [1.807, 2.05) is 6.92 Å². The van der Waals surface area contributed by atoms with Crippen molar-refractivity contribution in [3.8, 4) is 0 Å². The average molecular weight is 210 g/mol. The maximum atomic E-state index is 12.0. The first-order valence-corrected chi connectivity index (χ1v) is 5.16. The van der Waals surface area contributed by atoms with Crippen LogP contribution in [0.1, 0.15) is 45.4 Å². The molecule has 1 nitrogen and oxygen atoms in total. The van der Waals surface area contributed by atoms with Crippen LogP contribution in [0, 0.1) is 5.92 Å². The molecule has 0 aromatic carbocycles. The fourth-order valence-electron chi connectivity index (χ4n) is 2.40. The summed E-state index contributed by atoms with van der Waals surface area (Å²) in [5, 5.41) is 10.0. The minimum atomic E-state index is -4.14. The average Bonchev–Trinajstić information content (AvgIpc) is 2.43. The lowest BCUT2D eigenvalue weighted by Crippen LogP contribution is -2.34. The summed E-state index contributed by atoms with van der Waals surface area (Å²) in [6.45, 7) is 1.93. The van der Waals surface area contributed by atoms with Crippen LogP contribution in [-0.2, 0) is 0 Å². The molecule has 0 spiro atoms. The Kier molecular flexibility index (Phi) is 3.45. The normalized spacial score (nSPS) is 33.6. The molecule has 1 aliphatic rings. The Labute approximate surface area is 82.3 Å². The van der Waals surface area contributed by atoms with Crippen LogP contribution in [0.2, 0.25) is 0 Å². The van der Waals surface area contributed by atoms with Crippen LogP contribution in [0.4, 0.5) is 13.2 Å². The second-order valence-electron chi connectivity index (χ2n) is 4.22. The zero-order valence-electron chi connectivity index (χ0n) is 8.40. The van der Waals surface area contributed by atoms with E-state index in [0.717, 1.165) is 19.3 Å². The predicted octanol–water partition coefficient (Wildman–Crippen LogP) is 3.27. The molecule has 0 heterocycles. The van der Waals surface area contributed by atoms with E-state index in [0.29, 0.717) is 6.42 Å². The van der Waals surface area contributed by atoms with Gasteiger partial charge in [-0.05, 0) is 25.2 Å². The van der Waals surface area contributed by atoms with Crippen LogP contribution >= 0.6 is 0 Å². The number of hydrogen-bond donors (Lipinski definition) is 1. The smallest absolute Gasteiger partial charge is 0.389 e. The summed E-state index contributed by atoms with van der Waals surface area (Å²) in [6, 6.07) is 0. The summed E-state index contributed by atoms with van der Waals surface area (Å²) in [5.74, 6) is 0.0600. The van der Waals surface area contributed by atoms with Crippen LogP contribution in [0.25, 0.3) is 0 Å². The molecule has 0 aromatic rings. The van der Waals surface area contributed by atoms with Crippen LogP contribution in [0.3, 0.4) is 0 Å². The molecule has 84 valence electrons. The molecule has 4 heteroatoms. The van der Waals surface area contributed by atoms with Crippen molar-refractivity contribution in [3.05, 3.63) is 0 Å². The van der Waals surface area contributed by atoms with Gasteiger partial charge in [0.15, 0.2) is 0 Å². The van der Waals surface area contributed by atoms with Crippen LogP contribution in [0.5, 0.6) is 0 Å². The largest absolute Gasteiger partial charge is 0.390 e. The number of halogens is 3. The first-order valence-electron chi connectivity index (χ1n) is 5.16. The molecule has 1 aliphatic carbocycles. The standard InChI is InChI=1S/C10H17F3O/c1-2-8-4-3-5-9(8,14)6-7-10(11,12)13/h8,14H,2-7H2,1H3. The minimum absolute atomic E-state index is 0.0600. The van der Waals surface area contributed by atoms with Crippen molar-refractivity contribution in [1.29, 1.82) is 0 Å². The first kappa shape index (κ1) is 11.8. The van der Waals surface area contributed by atoms with Gasteiger partial charge in [0.05, 0.1) is 5.60 Å². The minimum Gasteiger partial charge on any atom is -0.390 e. The van der Waals surface area contributed by atoms with Crippen molar-refractivity contribution in [1.82, 2.24) is 0 Å². The zero-order valence-corrected chi connectivity index (χ0v) is 8.40. The summed E-state index contributed by atoms with van der Waals surface area (Å²) in [5.41, 5.74) is -1.05. The lowest BCUT2D eigenvalue weighted by molar-refractivity contribution is -0.149. The Morgan fingerprint density at radius 1 is 1.43 bits per heavy atom. The van der Waals surface area contributed by atoms with Crippen molar-refractivity contribution in [2.75, 3.05) is 0 Å². The van der Waals surface area contributed by atoms with Gasteiger partial charge in [0, 0.05) is 6.42 Å². The summed E-state index contributed by atoms with van der Waals surface area (Å²) < 4.78 is 36.0. The molecule has 1 rings (SSSR count). The molecule has 2 unspecified atom stereocenters. The van der Waals surface area contributed by atoms with E-state index < -0.39 is 18.2 Å². The van der Waals surface area contributed by atoms with Crippen molar-refractivity contribution in [2.24, 2.45) is 5.92 Å². The second-order valence-corrected chi connectivity index (χ2v) is 4.22. The highest BCUT2D eigenvalue weighted by molar-refractivity contribution is 4.91. The number of aliphatic hydroxyl groups is 1. The van der Waals surface area contributed by atoms with Gasteiger partial charge in [-0.1, -0.05) is 19.8 Å². The van der Waals surface area contributed by atoms with Gasteiger partial charge >= 0.3 is 6.18 Å². The van der Waals surface area contributed by atoms with E-state index in [4.69, 9.17) is 0 Å². The van der Waals surface area contributed by atoms with E-state index in [1.165, 1.54) is 0 Å². The van der Waals surface area contributed by atoms with Crippen LogP contribution in [-0.4, -0.2) is 16.9 Å². The molecular formula is C10H17F3O. The monoisotopic (exact) mass is 210 g/mol. The van der Waals surface area contributed by atoms with Crippen molar-refractivity contribution >= 4 is 0 Å². The van der Waals surface area contributed by atoms with Crippen LogP contribution in [0.15, 0.2) is 0 Å². The third kappa shape index (κ3) is 2.87. The zero-order chi connectivity index (χ0) is 10.8. The Bertz CT molecular complexity index is 190. The van der Waals surface area contributed by atoms with E-state index >= 15 is 0 Å². The Morgan fingerprint density at radius 2 is 2.07 bits per heavy atom. The van der Waals surface area contributed by atoms with Gasteiger partial charge in [-0.2, -0.15) is 13.2 Å². The number of hydrogen-bond acceptors (Lipinski definition) is 1. The summed E-state index contributed by atoms with van der Waals surface area (Å²) in [6.07, 6.45) is -2.11. The molecule has 14 heavy (non-hydrogen) atoms. The number of rotatable bonds is 3. The molecule has 0 bridgehead atoms. The topological polar surface area (TPSA) is 20.2 Å². The van der Waals surface area contributed by atoms with Crippen LogP contribution < -0.4 is 0 Å². The molecule has 0 radical (unpaired) electrons. The molecule has 1 fully saturated rings. The molecule has 2 atom stereocenters. The van der Waals surface area contributed by atoms with Gasteiger partial charge in [-0.3, -0.25) is 0 Å². The van der Waals surface area contributed by atoms with Gasteiger partial charge in [-0.25, -0.2) is 0 Å². The van der Waals surface area contributed by atoms with E-state index in [1.54, 1.807) is 0 Å². The van der Waals surface area contributed by atoms with E-state index in [-0.39, 0.29) is 12.3 Å². The van der Waals surface area contributed by atoms with Gasteiger partial charge in [0.1, 0.15) is 0 Å². The lowest BCUT2D eigenvalue weighted by Gasteiger charge is -2.29. The molecule has 1 saturated carbocycles. The Balaban J connectivity index is 2.48. The summed E-state index contributed by atoms with van der Waals surface area (Å²) >= 11 is 0. The fourth-order valence-corrected chi connectivity index (χ4v) is 2.40. The SMILES string of the molecule is CCC1CCCC1(O)CCC(F)(F)F. The van der Waals surface area contributed by atoms with E-state index in [2.05, 4.69) is 0 Å². The lowest BCUT2D eigenvalue weighted by atomic mass is 9.85. The first-order chi connectivity index (χ1) is 6.37. The maximum absolute atomic E-state index is 12.0. The summed E-state index contributed by atoms with van der Waals surface area (Å²) in [7, 11) is 0. The molecule has 0 amide bonds. The molecule has 0 saturated heterocycles. The molecule has 0 aliphatic heterocycles. The molecule has 0 aromatic heterocycles. The van der Waals surface area contributed by atoms with Crippen molar-refractivity contribution in [2.45, 2.75) is 57.2 Å². The van der Waals surface area contributed by atoms with E-state index in [9.17, 15) is 18.3 Å². The molecule has 1 N–H and O–H groups in total. The van der Waals surface area contributed by atoms with Gasteiger partial charge in [-0.15, -0.1) is 0 Å². The third-order valence-corrected chi connectivity index (χ3v) is 3.26. The summed E-state index contributed by atoms with van der Waals surface area (Å²) in [4.78, 5) is 0.